The number of sulfonamides is 1. The molecule has 0 aliphatic heterocycles. The van der Waals surface area contributed by atoms with Crippen LogP contribution in [0.2, 0.25) is 0 Å². The molecule has 0 bridgehead atoms. The number of likely N-dealkylation sites (N-methyl/N-ethyl adjacent to an activating group) is 1. The number of halogens is 1. The van der Waals surface area contributed by atoms with Crippen LogP contribution < -0.4 is 10.0 Å². The van der Waals surface area contributed by atoms with E-state index in [1.54, 1.807) is 49.4 Å². The van der Waals surface area contributed by atoms with Gasteiger partial charge in [-0.15, -0.1) is 0 Å². The van der Waals surface area contributed by atoms with E-state index in [1.807, 2.05) is 0 Å². The van der Waals surface area contributed by atoms with Gasteiger partial charge in [0, 0.05) is 24.3 Å². The minimum atomic E-state index is -3.80. The summed E-state index contributed by atoms with van der Waals surface area (Å²) in [7, 11) is -3.80. The standard InChI is InChI=1S/C24H24FN3O4S/c1-2-28(17-23(29)26-16-18-8-12-20(25)13-9-18)24(30)19-10-14-22(15-11-19)33(31,32)27-21-6-4-3-5-7-21/h3-15,27H,2,16-17H2,1H3,(H,26,29). The van der Waals surface area contributed by atoms with Crippen molar-refractivity contribution in [3.8, 4) is 0 Å². The lowest BCUT2D eigenvalue weighted by Gasteiger charge is -2.20. The van der Waals surface area contributed by atoms with Crippen molar-refractivity contribution < 1.29 is 22.4 Å². The lowest BCUT2D eigenvalue weighted by Crippen LogP contribution is -2.40. The van der Waals surface area contributed by atoms with Gasteiger partial charge in [-0.1, -0.05) is 30.3 Å². The van der Waals surface area contributed by atoms with Gasteiger partial charge in [0.05, 0.1) is 11.4 Å². The Morgan fingerprint density at radius 3 is 2.15 bits per heavy atom. The minimum absolute atomic E-state index is 0.0167. The molecular weight excluding hydrogens is 445 g/mol. The maximum Gasteiger partial charge on any atom is 0.261 e. The number of hydrogen-bond acceptors (Lipinski definition) is 4. The summed E-state index contributed by atoms with van der Waals surface area (Å²) < 4.78 is 40.5. The summed E-state index contributed by atoms with van der Waals surface area (Å²) in [5.41, 5.74) is 1.43. The highest BCUT2D eigenvalue weighted by molar-refractivity contribution is 7.92. The van der Waals surface area contributed by atoms with Gasteiger partial charge in [0.1, 0.15) is 5.82 Å². The second kappa shape index (κ2) is 10.7. The summed E-state index contributed by atoms with van der Waals surface area (Å²) in [5, 5.41) is 2.70. The third-order valence-corrected chi connectivity index (χ3v) is 6.24. The summed E-state index contributed by atoms with van der Waals surface area (Å²) in [6.45, 7) is 2.09. The minimum Gasteiger partial charge on any atom is -0.350 e. The molecule has 3 rings (SSSR count). The molecule has 9 heteroatoms. The molecule has 3 aromatic carbocycles. The fraction of sp³-hybridized carbons (Fsp3) is 0.167. The molecule has 33 heavy (non-hydrogen) atoms. The average molecular weight is 470 g/mol. The van der Waals surface area contributed by atoms with Crippen LogP contribution in [0.3, 0.4) is 0 Å². The molecule has 0 spiro atoms. The van der Waals surface area contributed by atoms with Gasteiger partial charge in [-0.25, -0.2) is 12.8 Å². The maximum absolute atomic E-state index is 13.0. The molecule has 2 amide bonds. The number of benzene rings is 3. The SMILES string of the molecule is CCN(CC(=O)NCc1ccc(F)cc1)C(=O)c1ccc(S(=O)(=O)Nc2ccccc2)cc1. The summed E-state index contributed by atoms with van der Waals surface area (Å²) in [5.74, 6) is -1.11. The lowest BCUT2D eigenvalue weighted by atomic mass is 10.2. The zero-order valence-corrected chi connectivity index (χ0v) is 18.8. The number of anilines is 1. The first-order valence-electron chi connectivity index (χ1n) is 10.3. The Labute approximate surface area is 192 Å². The second-order valence-electron chi connectivity index (χ2n) is 7.22. The van der Waals surface area contributed by atoms with E-state index < -0.39 is 15.9 Å². The fourth-order valence-electron chi connectivity index (χ4n) is 3.04. The molecule has 0 saturated carbocycles. The number of nitrogens with one attached hydrogen (secondary N) is 2. The Bertz CT molecular complexity index is 1200. The van der Waals surface area contributed by atoms with Crippen molar-refractivity contribution in [1.29, 1.82) is 0 Å². The van der Waals surface area contributed by atoms with Crippen molar-refractivity contribution in [2.45, 2.75) is 18.4 Å². The van der Waals surface area contributed by atoms with E-state index in [1.165, 1.54) is 41.3 Å². The summed E-state index contributed by atoms with van der Waals surface area (Å²) in [4.78, 5) is 26.5. The Hall–Kier alpha value is -3.72. The van der Waals surface area contributed by atoms with Crippen LogP contribution in [0.15, 0.2) is 83.8 Å². The van der Waals surface area contributed by atoms with Gasteiger partial charge in [-0.3, -0.25) is 14.3 Å². The molecule has 0 atom stereocenters. The molecule has 0 unspecified atom stereocenters. The van der Waals surface area contributed by atoms with Crippen LogP contribution in [-0.4, -0.2) is 38.2 Å². The smallest absolute Gasteiger partial charge is 0.261 e. The summed E-state index contributed by atoms with van der Waals surface area (Å²) >= 11 is 0. The number of hydrogen-bond donors (Lipinski definition) is 2. The van der Waals surface area contributed by atoms with Crippen LogP contribution >= 0.6 is 0 Å². The van der Waals surface area contributed by atoms with Crippen LogP contribution in [0.5, 0.6) is 0 Å². The predicted octanol–water partition coefficient (Wildman–Crippen LogP) is 3.41. The van der Waals surface area contributed by atoms with E-state index in [0.717, 1.165) is 5.56 Å². The lowest BCUT2D eigenvalue weighted by molar-refractivity contribution is -0.121. The number of amides is 2. The zero-order chi connectivity index (χ0) is 23.8. The van der Waals surface area contributed by atoms with Crippen molar-refractivity contribution >= 4 is 27.5 Å². The third-order valence-electron chi connectivity index (χ3n) is 4.84. The highest BCUT2D eigenvalue weighted by atomic mass is 32.2. The second-order valence-corrected chi connectivity index (χ2v) is 8.90. The molecule has 7 nitrogen and oxygen atoms in total. The van der Waals surface area contributed by atoms with Gasteiger partial charge in [0.15, 0.2) is 0 Å². The number of carbonyl (C=O) groups is 2. The molecule has 0 aliphatic carbocycles. The topological polar surface area (TPSA) is 95.6 Å². The van der Waals surface area contributed by atoms with Crippen LogP contribution in [-0.2, 0) is 21.4 Å². The van der Waals surface area contributed by atoms with Crippen molar-refractivity contribution in [3.63, 3.8) is 0 Å². The van der Waals surface area contributed by atoms with E-state index in [0.29, 0.717) is 12.2 Å². The molecule has 0 fully saturated rings. The van der Waals surface area contributed by atoms with Gasteiger partial charge in [-0.2, -0.15) is 0 Å². The Balaban J connectivity index is 1.61. The fourth-order valence-corrected chi connectivity index (χ4v) is 4.10. The predicted molar refractivity (Wildman–Crippen MR) is 124 cm³/mol. The third kappa shape index (κ3) is 6.63. The molecule has 172 valence electrons. The van der Waals surface area contributed by atoms with Crippen molar-refractivity contribution in [2.75, 3.05) is 17.8 Å². The first-order chi connectivity index (χ1) is 15.8. The van der Waals surface area contributed by atoms with Gasteiger partial charge in [-0.05, 0) is 61.0 Å². The molecule has 3 aromatic rings. The molecule has 0 heterocycles. The average Bonchev–Trinajstić information content (AvgIpc) is 2.82. The first kappa shape index (κ1) is 23.9. The number of nitrogens with zero attached hydrogens (tertiary/aromatic N) is 1. The highest BCUT2D eigenvalue weighted by Gasteiger charge is 2.19. The van der Waals surface area contributed by atoms with Crippen molar-refractivity contribution in [2.24, 2.45) is 0 Å². The van der Waals surface area contributed by atoms with E-state index >= 15 is 0 Å². The van der Waals surface area contributed by atoms with Crippen LogP contribution in [0.1, 0.15) is 22.8 Å². The summed E-state index contributed by atoms with van der Waals surface area (Å²) in [6.07, 6.45) is 0. The van der Waals surface area contributed by atoms with Crippen molar-refractivity contribution in [1.82, 2.24) is 10.2 Å². The zero-order valence-electron chi connectivity index (χ0n) is 18.0. The number of rotatable bonds is 9. The van der Waals surface area contributed by atoms with E-state index in [4.69, 9.17) is 0 Å². The van der Waals surface area contributed by atoms with Gasteiger partial charge in [0.2, 0.25) is 5.91 Å². The van der Waals surface area contributed by atoms with Gasteiger partial charge in [0.25, 0.3) is 15.9 Å². The highest BCUT2D eigenvalue weighted by Crippen LogP contribution is 2.17. The van der Waals surface area contributed by atoms with Crippen LogP contribution in [0, 0.1) is 5.82 Å². The molecule has 0 radical (unpaired) electrons. The largest absolute Gasteiger partial charge is 0.350 e. The number of para-hydroxylation sites is 1. The number of carbonyl (C=O) groups excluding carboxylic acids is 2. The Morgan fingerprint density at radius 1 is 0.909 bits per heavy atom. The van der Waals surface area contributed by atoms with E-state index in [9.17, 15) is 22.4 Å². The van der Waals surface area contributed by atoms with E-state index in [-0.39, 0.29) is 35.3 Å². The Morgan fingerprint density at radius 2 is 1.55 bits per heavy atom. The maximum atomic E-state index is 13.0. The molecule has 0 aromatic heterocycles. The van der Waals surface area contributed by atoms with Crippen LogP contribution in [0.4, 0.5) is 10.1 Å². The van der Waals surface area contributed by atoms with Gasteiger partial charge >= 0.3 is 0 Å². The quantitative estimate of drug-likeness (QED) is 0.502. The molecule has 2 N–H and O–H groups in total. The Kier molecular flexibility index (Phi) is 7.78. The molecule has 0 saturated heterocycles. The van der Waals surface area contributed by atoms with E-state index in [2.05, 4.69) is 10.0 Å². The van der Waals surface area contributed by atoms with Gasteiger partial charge < -0.3 is 10.2 Å². The summed E-state index contributed by atoms with van der Waals surface area (Å²) in [6, 6.07) is 19.8. The molecule has 0 aliphatic rings. The normalized spacial score (nSPS) is 11.0. The van der Waals surface area contributed by atoms with Crippen LogP contribution in [0.25, 0.3) is 0 Å². The van der Waals surface area contributed by atoms with Crippen molar-refractivity contribution in [3.05, 3.63) is 95.8 Å². The monoisotopic (exact) mass is 469 g/mol. The molecular formula is C24H24FN3O4S. The first-order valence-corrected chi connectivity index (χ1v) is 11.7.